The van der Waals surface area contributed by atoms with Gasteiger partial charge in [0.25, 0.3) is 5.91 Å². The van der Waals surface area contributed by atoms with Crippen LogP contribution >= 0.6 is 34.8 Å². The summed E-state index contributed by atoms with van der Waals surface area (Å²) in [4.78, 5) is 28.0. The first kappa shape index (κ1) is 32.5. The first-order valence-electron chi connectivity index (χ1n) is 13.5. The van der Waals surface area contributed by atoms with Crippen LogP contribution in [-0.2, 0) is 19.1 Å². The molecule has 2 heterocycles. The van der Waals surface area contributed by atoms with Crippen molar-refractivity contribution in [2.45, 2.75) is 68.8 Å². The minimum Gasteiger partial charge on any atom is -0.457 e. The van der Waals surface area contributed by atoms with Gasteiger partial charge in [-0.05, 0) is 49.6 Å². The van der Waals surface area contributed by atoms with Gasteiger partial charge in [-0.1, -0.05) is 40.0 Å². The Morgan fingerprint density at radius 1 is 1.09 bits per heavy atom. The molecule has 44 heavy (non-hydrogen) atoms. The normalized spacial score (nSPS) is 26.9. The molecule has 236 valence electrons. The maximum atomic E-state index is 14.4. The zero-order chi connectivity index (χ0) is 31.9. The van der Waals surface area contributed by atoms with Gasteiger partial charge < -0.3 is 29.7 Å². The molecule has 11 nitrogen and oxygen atoms in total. The number of hydrogen-bond donors (Lipinski definition) is 3. The predicted molar refractivity (Wildman–Crippen MR) is 154 cm³/mol. The molecule has 3 aromatic rings. The fraction of sp³-hybridized carbons (Fsp3) is 0.429. The van der Waals surface area contributed by atoms with Crippen LogP contribution in [0.25, 0.3) is 11.3 Å². The van der Waals surface area contributed by atoms with Crippen LogP contribution < -0.4 is 4.90 Å². The first-order valence-corrected chi connectivity index (χ1v) is 14.7. The number of esters is 1. The average molecular weight is 676 g/mol. The van der Waals surface area contributed by atoms with E-state index in [0.717, 1.165) is 23.7 Å². The summed E-state index contributed by atoms with van der Waals surface area (Å²) < 4.78 is 40.8. The van der Waals surface area contributed by atoms with E-state index in [1.54, 1.807) is 0 Å². The molecule has 0 bridgehead atoms. The number of aliphatic hydroxyl groups is 3. The van der Waals surface area contributed by atoms with Crippen LogP contribution in [0.5, 0.6) is 0 Å². The quantitative estimate of drug-likeness (QED) is 0.252. The van der Waals surface area contributed by atoms with Crippen molar-refractivity contribution in [2.24, 2.45) is 0 Å². The molecule has 2 fully saturated rings. The van der Waals surface area contributed by atoms with E-state index in [2.05, 4.69) is 10.3 Å². The number of aliphatic hydroxyl groups excluding tert-OH is 3. The largest absolute Gasteiger partial charge is 0.457 e. The molecule has 5 rings (SSSR count). The van der Waals surface area contributed by atoms with Crippen molar-refractivity contribution < 1.29 is 43.2 Å². The molecule has 7 atom stereocenters. The van der Waals surface area contributed by atoms with Crippen molar-refractivity contribution >= 4 is 52.4 Å². The highest BCUT2D eigenvalue weighted by atomic mass is 35.5. The monoisotopic (exact) mass is 674 g/mol. The van der Waals surface area contributed by atoms with E-state index in [9.17, 15) is 33.7 Å². The lowest BCUT2D eigenvalue weighted by atomic mass is 9.91. The Morgan fingerprint density at radius 3 is 2.32 bits per heavy atom. The Bertz CT molecular complexity index is 1520. The van der Waals surface area contributed by atoms with Gasteiger partial charge in [-0.25, -0.2) is 13.5 Å². The third-order valence-electron chi connectivity index (χ3n) is 7.65. The van der Waals surface area contributed by atoms with Crippen molar-refractivity contribution in [1.82, 2.24) is 15.0 Å². The zero-order valence-corrected chi connectivity index (χ0v) is 25.3. The average Bonchev–Trinajstić information content (AvgIpc) is 3.60. The number of carbonyl (C=O) groups is 2. The number of carbonyl (C=O) groups excluding carboxylic acids is 2. The minimum atomic E-state index is -1.65. The number of nitrogens with zero attached hydrogens (tertiary/aromatic N) is 4. The predicted octanol–water partition coefficient (Wildman–Crippen LogP) is 3.72. The number of rotatable bonds is 7. The van der Waals surface area contributed by atoms with Crippen LogP contribution in [0.2, 0.25) is 15.1 Å². The van der Waals surface area contributed by atoms with Crippen molar-refractivity contribution in [3.63, 3.8) is 0 Å². The summed E-state index contributed by atoms with van der Waals surface area (Å²) in [5.74, 6) is -3.70. The van der Waals surface area contributed by atoms with Gasteiger partial charge in [0.2, 0.25) is 0 Å². The van der Waals surface area contributed by atoms with Gasteiger partial charge in [-0.15, -0.1) is 5.10 Å². The summed E-state index contributed by atoms with van der Waals surface area (Å²) in [6, 6.07) is 4.19. The molecule has 0 spiro atoms. The van der Waals surface area contributed by atoms with Gasteiger partial charge in [0.15, 0.2) is 12.2 Å². The van der Waals surface area contributed by atoms with Crippen LogP contribution in [0, 0.1) is 11.6 Å². The van der Waals surface area contributed by atoms with Crippen LogP contribution in [-0.4, -0.2) is 85.4 Å². The van der Waals surface area contributed by atoms with Crippen LogP contribution in [0.3, 0.4) is 0 Å². The molecule has 1 aromatic heterocycles. The lowest BCUT2D eigenvalue weighted by Gasteiger charge is -2.45. The third-order valence-corrected chi connectivity index (χ3v) is 8.44. The number of aromatic nitrogens is 3. The smallest absolute Gasteiger partial charge is 0.303 e. The second-order valence-electron chi connectivity index (χ2n) is 10.6. The van der Waals surface area contributed by atoms with Gasteiger partial charge in [-0.3, -0.25) is 9.59 Å². The summed E-state index contributed by atoms with van der Waals surface area (Å²) in [6.07, 6.45) is -4.44. The van der Waals surface area contributed by atoms with E-state index in [-0.39, 0.29) is 27.0 Å². The maximum Gasteiger partial charge on any atom is 0.303 e. The third kappa shape index (κ3) is 6.41. The van der Waals surface area contributed by atoms with Crippen molar-refractivity contribution in [1.29, 1.82) is 0 Å². The summed E-state index contributed by atoms with van der Waals surface area (Å²) in [7, 11) is 0. The van der Waals surface area contributed by atoms with Crippen molar-refractivity contribution in [3.05, 3.63) is 63.2 Å². The number of amides is 1. The first-order chi connectivity index (χ1) is 20.9. The molecule has 2 aromatic carbocycles. The molecule has 0 radical (unpaired) electrons. The zero-order valence-electron chi connectivity index (χ0n) is 23.0. The van der Waals surface area contributed by atoms with Gasteiger partial charge in [0.1, 0.15) is 40.6 Å². The minimum absolute atomic E-state index is 0.0348. The van der Waals surface area contributed by atoms with Gasteiger partial charge in [0, 0.05) is 28.2 Å². The molecule has 1 amide bonds. The van der Waals surface area contributed by atoms with Crippen LogP contribution in [0.1, 0.15) is 32.2 Å². The van der Waals surface area contributed by atoms with Crippen molar-refractivity contribution in [3.8, 4) is 11.3 Å². The molecule has 1 saturated heterocycles. The molecular weight excluding hydrogens is 649 g/mol. The lowest BCUT2D eigenvalue weighted by molar-refractivity contribution is -0.216. The molecule has 16 heteroatoms. The van der Waals surface area contributed by atoms with E-state index in [1.807, 2.05) is 0 Å². The van der Waals surface area contributed by atoms with E-state index in [0.29, 0.717) is 19.3 Å². The molecule has 2 aliphatic rings. The topological polar surface area (TPSA) is 147 Å². The highest BCUT2D eigenvalue weighted by molar-refractivity contribution is 6.35. The second-order valence-corrected chi connectivity index (χ2v) is 11.8. The summed E-state index contributed by atoms with van der Waals surface area (Å²) in [5.41, 5.74) is 0.168. The Kier molecular flexibility index (Phi) is 9.75. The Morgan fingerprint density at radius 2 is 1.75 bits per heavy atom. The van der Waals surface area contributed by atoms with E-state index < -0.39 is 77.7 Å². The van der Waals surface area contributed by atoms with E-state index in [1.165, 1.54) is 29.3 Å². The SMILES string of the molecule is CC(=O)O[C@@H]1[C@@H](n2cc(-c3cc(F)c(Cl)c(F)c3)nn2)[C@@H](O)[C@@H](CO)O[C@H]1C(=O)N(c1cc(Cl)cc(Cl)c1)[C@H]1CCC[C@@H]1O. The summed E-state index contributed by atoms with van der Waals surface area (Å²) in [5, 5.41) is 39.8. The Balaban J connectivity index is 1.59. The lowest BCUT2D eigenvalue weighted by Crippen LogP contribution is -2.63. The van der Waals surface area contributed by atoms with Crippen LogP contribution in [0.15, 0.2) is 36.5 Å². The van der Waals surface area contributed by atoms with Gasteiger partial charge in [0.05, 0.1) is 24.9 Å². The van der Waals surface area contributed by atoms with Gasteiger partial charge >= 0.3 is 5.97 Å². The van der Waals surface area contributed by atoms with E-state index in [4.69, 9.17) is 44.3 Å². The molecule has 3 N–H and O–H groups in total. The fourth-order valence-electron chi connectivity index (χ4n) is 5.70. The number of ether oxygens (including phenoxy) is 2. The van der Waals surface area contributed by atoms with Crippen LogP contribution in [0.4, 0.5) is 14.5 Å². The number of anilines is 1. The molecule has 1 aliphatic carbocycles. The summed E-state index contributed by atoms with van der Waals surface area (Å²) in [6.45, 7) is 0.336. The highest BCUT2D eigenvalue weighted by Crippen LogP contribution is 2.38. The molecule has 1 aliphatic heterocycles. The Labute approximate surface area is 264 Å². The highest BCUT2D eigenvalue weighted by Gasteiger charge is 2.53. The summed E-state index contributed by atoms with van der Waals surface area (Å²) >= 11 is 18.1. The number of hydrogen-bond acceptors (Lipinski definition) is 9. The van der Waals surface area contributed by atoms with E-state index >= 15 is 0 Å². The van der Waals surface area contributed by atoms with Crippen molar-refractivity contribution in [2.75, 3.05) is 11.5 Å². The maximum absolute atomic E-state index is 14.4. The molecule has 1 saturated carbocycles. The van der Waals surface area contributed by atoms with Gasteiger partial charge in [-0.2, -0.15) is 0 Å². The molecular formula is C28H27Cl3F2N4O7. The standard InChI is InChI=1S/C28H27Cl3F2N4O7/c1-12(39)43-26-24(36-10-19(34-35-36)13-5-17(32)23(31)18(33)6-13)25(41)22(11-38)44-27(26)28(42)37(20-3-2-4-21(20)40)16-8-14(29)7-15(30)9-16/h5-10,20-22,24-27,38,40-41H,2-4,11H2,1H3/t20-,21-,22+,24-,25-,26+,27+/m0/s1. The Hall–Kier alpha value is -2.91. The fourth-order valence-corrected chi connectivity index (χ4v) is 6.32. The molecule has 0 unspecified atom stereocenters. The number of halogens is 5. The second kappa shape index (κ2) is 13.2. The number of benzene rings is 2.